The van der Waals surface area contributed by atoms with Crippen LogP contribution >= 0.6 is 0 Å². The van der Waals surface area contributed by atoms with Gasteiger partial charge in [-0.2, -0.15) is 5.26 Å². The van der Waals surface area contributed by atoms with E-state index in [1.807, 2.05) is 13.0 Å². The third kappa shape index (κ3) is 1.33. The molecule has 5 nitrogen and oxygen atoms in total. The van der Waals surface area contributed by atoms with Crippen molar-refractivity contribution in [2.24, 2.45) is 0 Å². The third-order valence-electron chi connectivity index (χ3n) is 1.91. The van der Waals surface area contributed by atoms with Crippen LogP contribution in [0, 0.1) is 18.3 Å². The molecule has 0 spiro atoms. The number of hydrogen-bond donors (Lipinski definition) is 0. The first kappa shape index (κ1) is 8.38. The summed E-state index contributed by atoms with van der Waals surface area (Å²) in [6, 6.07) is 7.48. The molecule has 0 radical (unpaired) electrons. The second-order valence-electron chi connectivity index (χ2n) is 2.84. The zero-order valence-electron chi connectivity index (χ0n) is 7.55. The lowest BCUT2D eigenvalue weighted by Gasteiger charge is -2.00. The molecule has 14 heavy (non-hydrogen) atoms. The Morgan fingerprint density at radius 2 is 2.29 bits per heavy atom. The molecule has 0 atom stereocenters. The van der Waals surface area contributed by atoms with Crippen LogP contribution in [0.5, 0.6) is 0 Å². The van der Waals surface area contributed by atoms with E-state index in [0.29, 0.717) is 5.56 Å². The fourth-order valence-corrected chi connectivity index (χ4v) is 1.18. The van der Waals surface area contributed by atoms with Crippen molar-refractivity contribution in [1.82, 2.24) is 20.2 Å². The highest BCUT2D eigenvalue weighted by Gasteiger charge is 2.01. The summed E-state index contributed by atoms with van der Waals surface area (Å²) in [4.78, 5) is 1.41. The number of benzene rings is 1. The maximum absolute atomic E-state index is 8.74. The topological polar surface area (TPSA) is 67.4 Å². The highest BCUT2D eigenvalue weighted by molar-refractivity contribution is 5.44. The fourth-order valence-electron chi connectivity index (χ4n) is 1.18. The molecule has 0 aliphatic carbocycles. The molecule has 0 N–H and O–H groups in total. The standard InChI is InChI=1S/C9H7N5/c1-7-4-9(3-2-8(7)5-10)14-12-6-11-13-14/h2-4,6H,1H3. The van der Waals surface area contributed by atoms with Crippen LogP contribution in [-0.4, -0.2) is 20.2 Å². The van der Waals surface area contributed by atoms with Crippen molar-refractivity contribution < 1.29 is 0 Å². The van der Waals surface area contributed by atoms with E-state index >= 15 is 0 Å². The molecule has 5 heteroatoms. The van der Waals surface area contributed by atoms with Crippen LogP contribution in [0.25, 0.3) is 5.69 Å². The van der Waals surface area contributed by atoms with Gasteiger partial charge >= 0.3 is 0 Å². The molecule has 1 heterocycles. The van der Waals surface area contributed by atoms with Crippen molar-refractivity contribution in [3.63, 3.8) is 0 Å². The molecule has 0 aliphatic heterocycles. The molecular formula is C9H7N5. The predicted molar refractivity (Wildman–Crippen MR) is 48.6 cm³/mol. The number of aromatic nitrogens is 4. The summed E-state index contributed by atoms with van der Waals surface area (Å²) >= 11 is 0. The van der Waals surface area contributed by atoms with Crippen LogP contribution in [0.3, 0.4) is 0 Å². The average Bonchev–Trinajstić information content (AvgIpc) is 2.70. The molecule has 0 unspecified atom stereocenters. The summed E-state index contributed by atoms with van der Waals surface area (Å²) in [6.07, 6.45) is 1.37. The van der Waals surface area contributed by atoms with Gasteiger partial charge in [-0.25, -0.2) is 0 Å². The summed E-state index contributed by atoms with van der Waals surface area (Å²) in [7, 11) is 0. The molecule has 0 amide bonds. The van der Waals surface area contributed by atoms with Crippen LogP contribution in [-0.2, 0) is 0 Å². The summed E-state index contributed by atoms with van der Waals surface area (Å²) in [6.45, 7) is 1.87. The van der Waals surface area contributed by atoms with E-state index in [4.69, 9.17) is 5.26 Å². The molecule has 0 saturated heterocycles. The Kier molecular flexibility index (Phi) is 1.95. The lowest BCUT2D eigenvalue weighted by molar-refractivity contribution is 0.719. The zero-order valence-corrected chi connectivity index (χ0v) is 7.55. The molecular weight excluding hydrogens is 178 g/mol. The monoisotopic (exact) mass is 185 g/mol. The van der Waals surface area contributed by atoms with Gasteiger partial charge in [0.2, 0.25) is 0 Å². The normalized spacial score (nSPS) is 9.71. The summed E-state index contributed by atoms with van der Waals surface area (Å²) < 4.78 is 0. The van der Waals surface area contributed by atoms with Crippen LogP contribution in [0.2, 0.25) is 0 Å². The average molecular weight is 185 g/mol. The Labute approximate surface area is 80.6 Å². The maximum atomic E-state index is 8.74. The highest BCUT2D eigenvalue weighted by Crippen LogP contribution is 2.11. The van der Waals surface area contributed by atoms with Gasteiger partial charge in [-0.1, -0.05) is 0 Å². The van der Waals surface area contributed by atoms with Gasteiger partial charge in [-0.3, -0.25) is 0 Å². The first-order chi connectivity index (χ1) is 6.81. The Hall–Kier alpha value is -2.22. The number of nitrogens with zero attached hydrogens (tertiary/aromatic N) is 5. The third-order valence-corrected chi connectivity index (χ3v) is 1.91. The second-order valence-corrected chi connectivity index (χ2v) is 2.84. The van der Waals surface area contributed by atoms with Gasteiger partial charge in [0.1, 0.15) is 0 Å². The second kappa shape index (κ2) is 3.26. The molecule has 68 valence electrons. The predicted octanol–water partition coefficient (Wildman–Crippen LogP) is 0.842. The first-order valence-corrected chi connectivity index (χ1v) is 4.05. The molecule has 1 aromatic carbocycles. The van der Waals surface area contributed by atoms with Crippen LogP contribution in [0.15, 0.2) is 24.5 Å². The SMILES string of the molecule is Cc1cc(-n2ncnn2)ccc1C#N. The minimum Gasteiger partial charge on any atom is -0.192 e. The van der Waals surface area contributed by atoms with Crippen molar-refractivity contribution in [3.05, 3.63) is 35.7 Å². The van der Waals surface area contributed by atoms with Crippen LogP contribution in [0.4, 0.5) is 0 Å². The van der Waals surface area contributed by atoms with E-state index in [1.165, 1.54) is 11.1 Å². The van der Waals surface area contributed by atoms with E-state index in [-0.39, 0.29) is 0 Å². The molecule has 0 saturated carbocycles. The van der Waals surface area contributed by atoms with Gasteiger partial charge in [0.15, 0.2) is 6.33 Å². The van der Waals surface area contributed by atoms with Gasteiger partial charge in [0.25, 0.3) is 0 Å². The van der Waals surface area contributed by atoms with Crippen molar-refractivity contribution in [2.75, 3.05) is 0 Å². The van der Waals surface area contributed by atoms with Crippen molar-refractivity contribution >= 4 is 0 Å². The summed E-state index contributed by atoms with van der Waals surface area (Å²) in [5, 5.41) is 20.0. The van der Waals surface area contributed by atoms with Crippen molar-refractivity contribution in [2.45, 2.75) is 6.92 Å². The molecule has 1 aromatic heterocycles. The molecule has 0 fully saturated rings. The Balaban J connectivity index is 2.49. The number of hydrogen-bond acceptors (Lipinski definition) is 4. The molecule has 2 aromatic rings. The van der Waals surface area contributed by atoms with E-state index in [2.05, 4.69) is 21.5 Å². The van der Waals surface area contributed by atoms with Gasteiger partial charge in [-0.05, 0) is 35.9 Å². The Morgan fingerprint density at radius 3 is 2.86 bits per heavy atom. The number of aryl methyl sites for hydroxylation is 1. The first-order valence-electron chi connectivity index (χ1n) is 4.05. The number of rotatable bonds is 1. The van der Waals surface area contributed by atoms with E-state index in [1.54, 1.807) is 12.1 Å². The maximum Gasteiger partial charge on any atom is 0.162 e. The van der Waals surface area contributed by atoms with Crippen LogP contribution < -0.4 is 0 Å². The number of nitriles is 1. The van der Waals surface area contributed by atoms with Gasteiger partial charge in [0.05, 0.1) is 17.3 Å². The lowest BCUT2D eigenvalue weighted by atomic mass is 10.1. The van der Waals surface area contributed by atoms with Gasteiger partial charge < -0.3 is 0 Å². The van der Waals surface area contributed by atoms with E-state index in [0.717, 1.165) is 11.3 Å². The smallest absolute Gasteiger partial charge is 0.162 e. The van der Waals surface area contributed by atoms with Crippen molar-refractivity contribution in [3.8, 4) is 11.8 Å². The molecule has 2 rings (SSSR count). The molecule has 0 bridgehead atoms. The molecule has 0 aliphatic rings. The lowest BCUT2D eigenvalue weighted by Crippen LogP contribution is -1.99. The quantitative estimate of drug-likeness (QED) is 0.660. The largest absolute Gasteiger partial charge is 0.192 e. The fraction of sp³-hybridized carbons (Fsp3) is 0.111. The van der Waals surface area contributed by atoms with Gasteiger partial charge in [0, 0.05) is 0 Å². The minimum atomic E-state index is 0.661. The van der Waals surface area contributed by atoms with Crippen LogP contribution in [0.1, 0.15) is 11.1 Å². The Bertz CT molecular complexity index is 480. The van der Waals surface area contributed by atoms with Gasteiger partial charge in [-0.15, -0.1) is 15.0 Å². The number of tetrazole rings is 1. The zero-order chi connectivity index (χ0) is 9.97. The summed E-state index contributed by atoms with van der Waals surface area (Å²) in [5.74, 6) is 0. The Morgan fingerprint density at radius 1 is 1.43 bits per heavy atom. The highest BCUT2D eigenvalue weighted by atomic mass is 15.6. The van der Waals surface area contributed by atoms with Crippen molar-refractivity contribution in [1.29, 1.82) is 5.26 Å². The van der Waals surface area contributed by atoms with E-state index in [9.17, 15) is 0 Å². The van der Waals surface area contributed by atoms with E-state index < -0.39 is 0 Å². The minimum absolute atomic E-state index is 0.661. The summed E-state index contributed by atoms with van der Waals surface area (Å²) in [5.41, 5.74) is 2.37.